The molecule has 2 aromatic carbocycles. The highest BCUT2D eigenvalue weighted by Gasteiger charge is 2.34. The van der Waals surface area contributed by atoms with E-state index in [9.17, 15) is 14.9 Å². The summed E-state index contributed by atoms with van der Waals surface area (Å²) >= 11 is 18.0. The highest BCUT2D eigenvalue weighted by molar-refractivity contribution is 6.68. The summed E-state index contributed by atoms with van der Waals surface area (Å²) in [6.07, 6.45) is -1.02. The van der Waals surface area contributed by atoms with E-state index in [1.54, 1.807) is 0 Å². The van der Waals surface area contributed by atoms with Crippen molar-refractivity contribution in [1.82, 2.24) is 5.32 Å². The third kappa shape index (κ3) is 5.24. The van der Waals surface area contributed by atoms with Crippen LogP contribution in [0.25, 0.3) is 0 Å². The maximum atomic E-state index is 12.4. The van der Waals surface area contributed by atoms with Crippen LogP contribution < -0.4 is 10.6 Å². The number of alkyl halides is 3. The molecule has 26 heavy (non-hydrogen) atoms. The fourth-order valence-electron chi connectivity index (χ4n) is 2.20. The van der Waals surface area contributed by atoms with Gasteiger partial charge in [-0.05, 0) is 43.2 Å². The lowest BCUT2D eigenvalue weighted by atomic mass is 10.1. The molecule has 0 aliphatic carbocycles. The first kappa shape index (κ1) is 20.3. The molecule has 2 N–H and O–H groups in total. The van der Waals surface area contributed by atoms with E-state index in [0.29, 0.717) is 5.69 Å². The zero-order valence-electron chi connectivity index (χ0n) is 13.9. The van der Waals surface area contributed by atoms with E-state index in [1.807, 2.05) is 32.0 Å². The molecule has 0 unspecified atom stereocenters. The second-order valence-electron chi connectivity index (χ2n) is 5.71. The first-order chi connectivity index (χ1) is 12.1. The van der Waals surface area contributed by atoms with Gasteiger partial charge in [-0.1, -0.05) is 46.9 Å². The summed E-state index contributed by atoms with van der Waals surface area (Å²) in [5.41, 5.74) is 2.72. The normalized spacial score (nSPS) is 12.3. The lowest BCUT2D eigenvalue weighted by Crippen LogP contribution is -2.49. The van der Waals surface area contributed by atoms with Crippen molar-refractivity contribution in [3.05, 3.63) is 69.3 Å². The number of halogens is 3. The van der Waals surface area contributed by atoms with Gasteiger partial charge in [0, 0.05) is 23.4 Å². The van der Waals surface area contributed by atoms with Crippen LogP contribution in [0.1, 0.15) is 21.5 Å². The van der Waals surface area contributed by atoms with E-state index in [-0.39, 0.29) is 11.3 Å². The summed E-state index contributed by atoms with van der Waals surface area (Å²) in [6.45, 7) is 3.81. The summed E-state index contributed by atoms with van der Waals surface area (Å²) in [4.78, 5) is 22.6. The Morgan fingerprint density at radius 3 is 2.27 bits per heavy atom. The van der Waals surface area contributed by atoms with Gasteiger partial charge in [-0.3, -0.25) is 14.9 Å². The molecule has 0 aliphatic rings. The second kappa shape index (κ2) is 8.12. The number of nitro groups is 1. The second-order valence-corrected chi connectivity index (χ2v) is 8.08. The number of non-ortho nitro benzene ring substituents is 1. The summed E-state index contributed by atoms with van der Waals surface area (Å²) in [5.74, 6) is -0.533. The minimum Gasteiger partial charge on any atom is -0.362 e. The predicted octanol–water partition coefficient (Wildman–Crippen LogP) is 4.75. The van der Waals surface area contributed by atoms with E-state index in [1.165, 1.54) is 24.3 Å². The molecule has 0 spiro atoms. The summed E-state index contributed by atoms with van der Waals surface area (Å²) < 4.78 is -1.83. The molecule has 0 fully saturated rings. The van der Waals surface area contributed by atoms with E-state index >= 15 is 0 Å². The molecule has 2 rings (SSSR count). The summed E-state index contributed by atoms with van der Waals surface area (Å²) in [6, 6.07) is 10.9. The van der Waals surface area contributed by atoms with Gasteiger partial charge < -0.3 is 10.6 Å². The van der Waals surface area contributed by atoms with Gasteiger partial charge in [0.25, 0.3) is 11.6 Å². The topological polar surface area (TPSA) is 84.3 Å². The Bertz CT molecular complexity index is 820. The molecule has 1 amide bonds. The van der Waals surface area contributed by atoms with Crippen molar-refractivity contribution in [1.29, 1.82) is 0 Å². The first-order valence-electron chi connectivity index (χ1n) is 7.54. The maximum Gasteiger partial charge on any atom is 0.269 e. The van der Waals surface area contributed by atoms with E-state index in [0.717, 1.165) is 11.1 Å². The average Bonchev–Trinajstić information content (AvgIpc) is 2.56. The number of benzene rings is 2. The van der Waals surface area contributed by atoms with Crippen molar-refractivity contribution in [3.63, 3.8) is 0 Å². The van der Waals surface area contributed by atoms with Gasteiger partial charge in [-0.2, -0.15) is 0 Å². The van der Waals surface area contributed by atoms with Crippen LogP contribution in [0.15, 0.2) is 42.5 Å². The zero-order valence-corrected chi connectivity index (χ0v) is 16.2. The number of anilines is 1. The van der Waals surface area contributed by atoms with Gasteiger partial charge in [0.2, 0.25) is 3.79 Å². The number of aryl methyl sites for hydroxylation is 2. The average molecular weight is 417 g/mol. The number of carbonyl (C=O) groups excluding carboxylic acids is 1. The Morgan fingerprint density at radius 2 is 1.73 bits per heavy atom. The monoisotopic (exact) mass is 415 g/mol. The third-order valence-electron chi connectivity index (χ3n) is 3.64. The Kier molecular flexibility index (Phi) is 6.34. The molecule has 6 nitrogen and oxygen atoms in total. The molecule has 9 heteroatoms. The Labute approximate surface area is 165 Å². The molecular weight excluding hydrogens is 401 g/mol. The van der Waals surface area contributed by atoms with Crippen LogP contribution in [-0.2, 0) is 0 Å². The number of hydrogen-bond acceptors (Lipinski definition) is 4. The molecule has 0 heterocycles. The number of amides is 1. The molecule has 0 saturated carbocycles. The standard InChI is InChI=1S/C17H16Cl3N3O3/c1-10-3-4-11(2)14(9-10)21-16(17(18,19)20)22-15(24)12-5-7-13(8-6-12)23(25)26/h3-9,16,21H,1-2H3,(H,22,24)/t16-/m1/s1. The van der Waals surface area contributed by atoms with Crippen molar-refractivity contribution in [3.8, 4) is 0 Å². The Hall–Kier alpha value is -2.02. The molecule has 0 aromatic heterocycles. The lowest BCUT2D eigenvalue weighted by molar-refractivity contribution is -0.384. The maximum absolute atomic E-state index is 12.4. The highest BCUT2D eigenvalue weighted by atomic mass is 35.6. The number of hydrogen-bond donors (Lipinski definition) is 2. The van der Waals surface area contributed by atoms with Crippen molar-refractivity contribution in [2.45, 2.75) is 23.8 Å². The Morgan fingerprint density at radius 1 is 1.12 bits per heavy atom. The lowest BCUT2D eigenvalue weighted by Gasteiger charge is -2.28. The fraction of sp³-hybridized carbons (Fsp3) is 0.235. The van der Waals surface area contributed by atoms with Gasteiger partial charge in [-0.25, -0.2) is 0 Å². The molecule has 0 radical (unpaired) electrons. The van der Waals surface area contributed by atoms with E-state index in [2.05, 4.69) is 10.6 Å². The van der Waals surface area contributed by atoms with Crippen LogP contribution in [0.5, 0.6) is 0 Å². The fourth-order valence-corrected chi connectivity index (χ4v) is 2.52. The van der Waals surface area contributed by atoms with E-state index in [4.69, 9.17) is 34.8 Å². The predicted molar refractivity (Wildman–Crippen MR) is 104 cm³/mol. The Balaban J connectivity index is 2.21. The van der Waals surface area contributed by atoms with Gasteiger partial charge in [-0.15, -0.1) is 0 Å². The number of nitrogens with one attached hydrogen (secondary N) is 2. The van der Waals surface area contributed by atoms with Crippen LogP contribution >= 0.6 is 34.8 Å². The minimum atomic E-state index is -1.83. The van der Waals surface area contributed by atoms with Crippen LogP contribution in [0.3, 0.4) is 0 Å². The van der Waals surface area contributed by atoms with Crippen molar-refractivity contribution < 1.29 is 9.72 Å². The summed E-state index contributed by atoms with van der Waals surface area (Å²) in [7, 11) is 0. The van der Waals surface area contributed by atoms with Crippen LogP contribution in [-0.4, -0.2) is 20.8 Å². The van der Waals surface area contributed by atoms with Crippen LogP contribution in [0.2, 0.25) is 0 Å². The largest absolute Gasteiger partial charge is 0.362 e. The van der Waals surface area contributed by atoms with Crippen molar-refractivity contribution >= 4 is 52.1 Å². The van der Waals surface area contributed by atoms with Gasteiger partial charge in [0.05, 0.1) is 4.92 Å². The molecule has 138 valence electrons. The molecule has 2 aromatic rings. The number of rotatable bonds is 5. The van der Waals surface area contributed by atoms with Gasteiger partial charge in [0.15, 0.2) is 0 Å². The molecule has 1 atom stereocenters. The molecular formula is C17H16Cl3N3O3. The minimum absolute atomic E-state index is 0.118. The van der Waals surface area contributed by atoms with Crippen molar-refractivity contribution in [2.24, 2.45) is 0 Å². The smallest absolute Gasteiger partial charge is 0.269 e. The van der Waals surface area contributed by atoms with Crippen LogP contribution in [0.4, 0.5) is 11.4 Å². The number of nitrogens with zero attached hydrogens (tertiary/aromatic N) is 1. The third-order valence-corrected chi connectivity index (χ3v) is 4.29. The first-order valence-corrected chi connectivity index (χ1v) is 8.67. The SMILES string of the molecule is Cc1ccc(C)c(N[C@H](NC(=O)c2ccc([N+](=O)[O-])cc2)C(Cl)(Cl)Cl)c1. The summed E-state index contributed by atoms with van der Waals surface area (Å²) in [5, 5.41) is 16.3. The van der Waals surface area contributed by atoms with Gasteiger partial charge in [0.1, 0.15) is 6.17 Å². The number of carbonyl (C=O) groups is 1. The van der Waals surface area contributed by atoms with Gasteiger partial charge >= 0.3 is 0 Å². The van der Waals surface area contributed by atoms with E-state index < -0.39 is 20.8 Å². The number of nitro benzene ring substituents is 1. The quantitative estimate of drug-likeness (QED) is 0.319. The highest BCUT2D eigenvalue weighted by Crippen LogP contribution is 2.32. The molecule has 0 aliphatic heterocycles. The van der Waals surface area contributed by atoms with Crippen molar-refractivity contribution in [2.75, 3.05) is 5.32 Å². The molecule has 0 saturated heterocycles. The molecule has 0 bridgehead atoms. The zero-order chi connectivity index (χ0) is 19.5. The van der Waals surface area contributed by atoms with Crippen LogP contribution in [0, 0.1) is 24.0 Å².